The number of rotatable bonds is 1. The highest BCUT2D eigenvalue weighted by atomic mass is 16.3. The summed E-state index contributed by atoms with van der Waals surface area (Å²) in [6.45, 7) is 3.82. The largest absolute Gasteiger partial charge is 0.504 e. The zero-order valence-corrected chi connectivity index (χ0v) is 9.60. The molecular formula is C13H12N2O2. The highest BCUT2D eigenvalue weighted by molar-refractivity contribution is 5.55. The molecule has 0 saturated carbocycles. The van der Waals surface area contributed by atoms with Gasteiger partial charge in [-0.2, -0.15) is 10.5 Å². The zero-order valence-electron chi connectivity index (χ0n) is 9.60. The fourth-order valence-electron chi connectivity index (χ4n) is 1.35. The topological polar surface area (TPSA) is 88.0 Å². The van der Waals surface area contributed by atoms with Gasteiger partial charge in [-0.05, 0) is 29.7 Å². The number of nitriles is 2. The zero-order chi connectivity index (χ0) is 13.0. The van der Waals surface area contributed by atoms with Gasteiger partial charge in [-0.25, -0.2) is 0 Å². The highest BCUT2D eigenvalue weighted by Crippen LogP contribution is 2.24. The summed E-state index contributed by atoms with van der Waals surface area (Å²) in [6, 6.07) is 3.52. The van der Waals surface area contributed by atoms with Crippen molar-refractivity contribution in [2.45, 2.75) is 13.8 Å². The van der Waals surface area contributed by atoms with Gasteiger partial charge in [0, 0.05) is 5.57 Å². The van der Waals surface area contributed by atoms with E-state index in [-0.39, 0.29) is 23.0 Å². The Bertz CT molecular complexity index is 519. The van der Waals surface area contributed by atoms with Crippen LogP contribution in [-0.4, -0.2) is 10.2 Å². The van der Waals surface area contributed by atoms with E-state index in [9.17, 15) is 10.2 Å². The molecule has 1 rings (SSSR count). The van der Waals surface area contributed by atoms with Crippen molar-refractivity contribution in [2.24, 2.45) is 5.92 Å². The van der Waals surface area contributed by atoms with Crippen LogP contribution in [0.3, 0.4) is 0 Å². The molecule has 0 aromatic heterocycles. The first-order chi connectivity index (χ1) is 7.99. The first-order valence-electron chi connectivity index (χ1n) is 5.07. The van der Waals surface area contributed by atoms with Gasteiger partial charge in [-0.15, -0.1) is 0 Å². The van der Waals surface area contributed by atoms with Gasteiger partial charge < -0.3 is 10.2 Å². The molecule has 2 N–H and O–H groups in total. The Labute approximate surface area is 99.7 Å². The number of hydrogen-bond donors (Lipinski definition) is 2. The predicted molar refractivity (Wildman–Crippen MR) is 62.6 cm³/mol. The summed E-state index contributed by atoms with van der Waals surface area (Å²) in [4.78, 5) is 0. The minimum atomic E-state index is -0.352. The number of aliphatic hydroxyl groups is 2. The van der Waals surface area contributed by atoms with Crippen LogP contribution < -0.4 is 0 Å². The summed E-state index contributed by atoms with van der Waals surface area (Å²) in [5.41, 5.74) is 0.940. The summed E-state index contributed by atoms with van der Waals surface area (Å²) in [6.07, 6.45) is 4.25. The van der Waals surface area contributed by atoms with E-state index in [1.807, 2.05) is 13.8 Å². The molecule has 86 valence electrons. The summed E-state index contributed by atoms with van der Waals surface area (Å²) >= 11 is 0. The number of aliphatic hydroxyl groups excluding tert-OH is 2. The van der Waals surface area contributed by atoms with Gasteiger partial charge >= 0.3 is 0 Å². The van der Waals surface area contributed by atoms with Crippen molar-refractivity contribution in [3.63, 3.8) is 0 Å². The van der Waals surface area contributed by atoms with Crippen LogP contribution in [0.15, 0.2) is 46.5 Å². The van der Waals surface area contributed by atoms with Crippen molar-refractivity contribution in [3.05, 3.63) is 46.5 Å². The normalized spacial score (nSPS) is 15.1. The number of allylic oxidation sites excluding steroid dienone is 6. The van der Waals surface area contributed by atoms with E-state index in [0.717, 1.165) is 5.57 Å². The van der Waals surface area contributed by atoms with E-state index >= 15 is 0 Å². The van der Waals surface area contributed by atoms with E-state index in [2.05, 4.69) is 0 Å². The molecule has 4 nitrogen and oxygen atoms in total. The van der Waals surface area contributed by atoms with Crippen LogP contribution in [0.2, 0.25) is 0 Å². The van der Waals surface area contributed by atoms with Gasteiger partial charge in [0.25, 0.3) is 0 Å². The lowest BCUT2D eigenvalue weighted by Crippen LogP contribution is -1.92. The van der Waals surface area contributed by atoms with Gasteiger partial charge in [0.15, 0.2) is 11.5 Å². The second kappa shape index (κ2) is 5.05. The molecule has 1 aliphatic rings. The fourth-order valence-corrected chi connectivity index (χ4v) is 1.35. The molecule has 0 spiro atoms. The van der Waals surface area contributed by atoms with Gasteiger partial charge in [0.2, 0.25) is 0 Å². The van der Waals surface area contributed by atoms with E-state index in [1.165, 1.54) is 12.2 Å². The molecule has 0 bridgehead atoms. The van der Waals surface area contributed by atoms with Crippen LogP contribution in [0.25, 0.3) is 0 Å². The Morgan fingerprint density at radius 2 is 1.59 bits per heavy atom. The Kier molecular flexibility index (Phi) is 3.74. The average molecular weight is 228 g/mol. The minimum absolute atomic E-state index is 0.0993. The van der Waals surface area contributed by atoms with Crippen LogP contribution >= 0.6 is 0 Å². The maximum atomic E-state index is 9.54. The molecule has 0 amide bonds. The van der Waals surface area contributed by atoms with Crippen molar-refractivity contribution in [1.29, 1.82) is 10.5 Å². The third kappa shape index (κ3) is 2.76. The maximum Gasteiger partial charge on any atom is 0.158 e. The monoisotopic (exact) mass is 228 g/mol. The lowest BCUT2D eigenvalue weighted by molar-refractivity contribution is 0.326. The first-order valence-corrected chi connectivity index (χ1v) is 5.07. The van der Waals surface area contributed by atoms with E-state index in [1.54, 1.807) is 18.2 Å². The predicted octanol–water partition coefficient (Wildman–Crippen LogP) is 2.81. The standard InChI is InChI=1S/C13H12N2O2/c1-8(2)9-3-10(11(6-14)7-15)5-13(17)12(16)4-9/h3-5,8,16-17H,1-2H3. The fraction of sp³-hybridized carbons (Fsp3) is 0.231. The molecule has 0 saturated heterocycles. The van der Waals surface area contributed by atoms with Crippen molar-refractivity contribution in [3.8, 4) is 12.1 Å². The lowest BCUT2D eigenvalue weighted by atomic mass is 9.99. The molecule has 0 atom stereocenters. The highest BCUT2D eigenvalue weighted by Gasteiger charge is 2.13. The van der Waals surface area contributed by atoms with Crippen molar-refractivity contribution >= 4 is 0 Å². The van der Waals surface area contributed by atoms with Crippen LogP contribution in [0.1, 0.15) is 13.8 Å². The van der Waals surface area contributed by atoms with Crippen LogP contribution in [0, 0.1) is 28.6 Å². The molecule has 0 unspecified atom stereocenters. The lowest BCUT2D eigenvalue weighted by Gasteiger charge is -2.05. The van der Waals surface area contributed by atoms with Crippen molar-refractivity contribution < 1.29 is 10.2 Å². The quantitative estimate of drug-likeness (QED) is 0.675. The van der Waals surface area contributed by atoms with Gasteiger partial charge in [-0.3, -0.25) is 0 Å². The Morgan fingerprint density at radius 3 is 2.06 bits per heavy atom. The number of hydrogen-bond acceptors (Lipinski definition) is 4. The molecule has 0 aromatic rings. The summed E-state index contributed by atoms with van der Waals surface area (Å²) in [5, 5.41) is 36.7. The molecule has 1 aliphatic carbocycles. The van der Waals surface area contributed by atoms with Gasteiger partial charge in [-0.1, -0.05) is 13.8 Å². The molecule has 0 heterocycles. The van der Waals surface area contributed by atoms with Crippen LogP contribution in [0.5, 0.6) is 0 Å². The molecule has 0 fully saturated rings. The van der Waals surface area contributed by atoms with E-state index in [4.69, 9.17) is 10.5 Å². The van der Waals surface area contributed by atoms with Gasteiger partial charge in [0.05, 0.1) is 0 Å². The van der Waals surface area contributed by atoms with Gasteiger partial charge in [0.1, 0.15) is 17.7 Å². The molecular weight excluding hydrogens is 216 g/mol. The van der Waals surface area contributed by atoms with E-state index in [0.29, 0.717) is 5.57 Å². The second-order valence-electron chi connectivity index (χ2n) is 3.91. The number of nitrogens with zero attached hydrogens (tertiary/aromatic N) is 2. The smallest absolute Gasteiger partial charge is 0.158 e. The average Bonchev–Trinajstić information content (AvgIpc) is 2.41. The van der Waals surface area contributed by atoms with E-state index < -0.39 is 0 Å². The third-order valence-corrected chi connectivity index (χ3v) is 2.36. The Morgan fingerprint density at radius 1 is 1.06 bits per heavy atom. The first kappa shape index (κ1) is 12.6. The SMILES string of the molecule is CC(C)C1=CC(=C(C#N)C#N)C=C(O)C(O)=C1. The molecule has 17 heavy (non-hydrogen) atoms. The van der Waals surface area contributed by atoms with Crippen molar-refractivity contribution in [1.82, 2.24) is 0 Å². The Balaban J connectivity index is 3.47. The summed E-state index contributed by atoms with van der Waals surface area (Å²) < 4.78 is 0. The Hall–Kier alpha value is -2.46. The summed E-state index contributed by atoms with van der Waals surface area (Å²) in [5.74, 6) is -0.518. The molecule has 0 radical (unpaired) electrons. The van der Waals surface area contributed by atoms with Crippen LogP contribution in [-0.2, 0) is 0 Å². The molecule has 4 heteroatoms. The minimum Gasteiger partial charge on any atom is -0.504 e. The van der Waals surface area contributed by atoms with Crippen LogP contribution in [0.4, 0.5) is 0 Å². The molecule has 0 aromatic carbocycles. The van der Waals surface area contributed by atoms with Crippen molar-refractivity contribution in [2.75, 3.05) is 0 Å². The maximum absolute atomic E-state index is 9.54. The molecule has 0 aliphatic heterocycles. The third-order valence-electron chi connectivity index (χ3n) is 2.36. The second-order valence-corrected chi connectivity index (χ2v) is 3.91. The summed E-state index contributed by atoms with van der Waals surface area (Å²) in [7, 11) is 0.